The number of carbonyl (C=O) groups excluding carboxylic acids is 1. The van der Waals surface area contributed by atoms with Crippen molar-refractivity contribution in [2.75, 3.05) is 0 Å². The lowest BCUT2D eigenvalue weighted by atomic mass is 10.1. The molecule has 0 atom stereocenters. The molecule has 3 rings (SSSR count). The molecule has 6 nitrogen and oxygen atoms in total. The van der Waals surface area contributed by atoms with E-state index in [4.69, 9.17) is 4.74 Å². The minimum atomic E-state index is -4.80. The van der Waals surface area contributed by atoms with E-state index in [-0.39, 0.29) is 24.5 Å². The second-order valence-corrected chi connectivity index (χ2v) is 6.11. The molecule has 0 aliphatic heterocycles. The highest BCUT2D eigenvalue weighted by atomic mass is 19.4. The van der Waals surface area contributed by atoms with Gasteiger partial charge in [-0.05, 0) is 30.3 Å². The zero-order valence-corrected chi connectivity index (χ0v) is 15.4. The molecule has 9 heteroatoms. The van der Waals surface area contributed by atoms with E-state index >= 15 is 0 Å². The Kier molecular flexibility index (Phi) is 6.06. The number of amides is 1. The fourth-order valence-electron chi connectivity index (χ4n) is 2.54. The molecule has 0 saturated carbocycles. The number of nitrogens with zero attached hydrogens (tertiary/aromatic N) is 2. The van der Waals surface area contributed by atoms with Gasteiger partial charge in [0.15, 0.2) is 0 Å². The number of halogens is 3. The van der Waals surface area contributed by atoms with Crippen LogP contribution in [0.3, 0.4) is 0 Å². The first-order valence-electron chi connectivity index (χ1n) is 8.63. The number of rotatable bonds is 7. The number of imidazole rings is 1. The summed E-state index contributed by atoms with van der Waals surface area (Å²) in [6, 6.07) is 12.1. The maximum absolute atomic E-state index is 12.5. The number of aromatic nitrogens is 2. The van der Waals surface area contributed by atoms with E-state index in [1.807, 2.05) is 17.8 Å². The van der Waals surface area contributed by atoms with Crippen molar-refractivity contribution in [3.63, 3.8) is 0 Å². The van der Waals surface area contributed by atoms with Crippen LogP contribution in [0.1, 0.15) is 21.7 Å². The zero-order chi connectivity index (χ0) is 20.9. The predicted octanol–water partition coefficient (Wildman–Crippen LogP) is 3.83. The standard InChI is InChI=1S/C20H18F3N3O3/c1-26-11-10-24-18(26)13-28-16-8-6-14(7-9-16)19(27)25-12-15-4-2-3-5-17(15)29-20(21,22)23/h2-11H,12-13H2,1H3,(H,25,27). The summed E-state index contributed by atoms with van der Waals surface area (Å²) in [6.07, 6.45) is -1.32. The minimum Gasteiger partial charge on any atom is -0.486 e. The van der Waals surface area contributed by atoms with Gasteiger partial charge in [-0.15, -0.1) is 13.2 Å². The number of aryl methyl sites for hydroxylation is 1. The molecular weight excluding hydrogens is 387 g/mol. The maximum atomic E-state index is 12.5. The van der Waals surface area contributed by atoms with Gasteiger partial charge in [0.1, 0.15) is 23.9 Å². The predicted molar refractivity (Wildman–Crippen MR) is 98.3 cm³/mol. The van der Waals surface area contributed by atoms with Gasteiger partial charge in [0.05, 0.1) is 0 Å². The maximum Gasteiger partial charge on any atom is 0.573 e. The lowest BCUT2D eigenvalue weighted by Crippen LogP contribution is -2.24. The Morgan fingerprint density at radius 3 is 2.52 bits per heavy atom. The molecule has 1 aromatic heterocycles. The Balaban J connectivity index is 1.57. The molecule has 29 heavy (non-hydrogen) atoms. The zero-order valence-electron chi connectivity index (χ0n) is 15.4. The highest BCUT2D eigenvalue weighted by Crippen LogP contribution is 2.26. The van der Waals surface area contributed by atoms with Gasteiger partial charge >= 0.3 is 6.36 Å². The van der Waals surface area contributed by atoms with Crippen LogP contribution >= 0.6 is 0 Å². The number of hydrogen-bond donors (Lipinski definition) is 1. The molecule has 152 valence electrons. The summed E-state index contributed by atoms with van der Waals surface area (Å²) < 4.78 is 48.8. The number of carbonyl (C=O) groups is 1. The molecular formula is C20H18F3N3O3. The van der Waals surface area contributed by atoms with Crippen LogP contribution in [0, 0.1) is 0 Å². The lowest BCUT2D eigenvalue weighted by Gasteiger charge is -2.13. The van der Waals surface area contributed by atoms with Crippen LogP contribution < -0.4 is 14.8 Å². The van der Waals surface area contributed by atoms with Gasteiger partial charge in [-0.2, -0.15) is 0 Å². The third-order valence-corrected chi connectivity index (χ3v) is 4.04. The first kappa shape index (κ1) is 20.2. The van der Waals surface area contributed by atoms with E-state index in [0.717, 1.165) is 5.82 Å². The van der Waals surface area contributed by atoms with Crippen molar-refractivity contribution in [1.82, 2.24) is 14.9 Å². The molecule has 1 heterocycles. The number of nitrogens with one attached hydrogen (secondary N) is 1. The van der Waals surface area contributed by atoms with Crippen molar-refractivity contribution in [2.24, 2.45) is 7.05 Å². The summed E-state index contributed by atoms with van der Waals surface area (Å²) in [5, 5.41) is 2.58. The van der Waals surface area contributed by atoms with Gasteiger partial charge < -0.3 is 19.4 Å². The van der Waals surface area contributed by atoms with E-state index in [1.165, 1.54) is 18.2 Å². The summed E-state index contributed by atoms with van der Waals surface area (Å²) in [5.74, 6) is 0.542. The van der Waals surface area contributed by atoms with Gasteiger partial charge in [-0.1, -0.05) is 18.2 Å². The summed E-state index contributed by atoms with van der Waals surface area (Å²) in [4.78, 5) is 16.4. The SMILES string of the molecule is Cn1ccnc1COc1ccc(C(=O)NCc2ccccc2OC(F)(F)F)cc1. The van der Waals surface area contributed by atoms with E-state index < -0.39 is 12.3 Å². The summed E-state index contributed by atoms with van der Waals surface area (Å²) >= 11 is 0. The number of benzene rings is 2. The number of ether oxygens (including phenoxy) is 2. The van der Waals surface area contributed by atoms with Crippen LogP contribution in [-0.4, -0.2) is 21.8 Å². The van der Waals surface area contributed by atoms with Gasteiger partial charge in [0.25, 0.3) is 5.91 Å². The molecule has 1 N–H and O–H groups in total. The molecule has 0 radical (unpaired) electrons. The Morgan fingerprint density at radius 1 is 1.14 bits per heavy atom. The fraction of sp³-hybridized carbons (Fsp3) is 0.200. The number of alkyl halides is 3. The molecule has 2 aromatic carbocycles. The number of hydrogen-bond acceptors (Lipinski definition) is 4. The normalized spacial score (nSPS) is 11.2. The summed E-state index contributed by atoms with van der Waals surface area (Å²) in [7, 11) is 1.86. The third kappa shape index (κ3) is 5.74. The van der Waals surface area contributed by atoms with Gasteiger partial charge in [0, 0.05) is 37.1 Å². The van der Waals surface area contributed by atoms with Crippen LogP contribution in [0.2, 0.25) is 0 Å². The summed E-state index contributed by atoms with van der Waals surface area (Å²) in [6.45, 7) is 0.174. The Hall–Kier alpha value is -3.49. The lowest BCUT2D eigenvalue weighted by molar-refractivity contribution is -0.274. The minimum absolute atomic E-state index is 0.109. The molecule has 0 aliphatic rings. The molecule has 0 saturated heterocycles. The first-order chi connectivity index (χ1) is 13.8. The molecule has 0 aliphatic carbocycles. The quantitative estimate of drug-likeness (QED) is 0.649. The van der Waals surface area contributed by atoms with E-state index in [9.17, 15) is 18.0 Å². The second kappa shape index (κ2) is 8.68. The number of para-hydroxylation sites is 1. The van der Waals surface area contributed by atoms with Crippen LogP contribution in [0.5, 0.6) is 11.5 Å². The van der Waals surface area contributed by atoms with Crippen molar-refractivity contribution < 1.29 is 27.4 Å². The molecule has 1 amide bonds. The van der Waals surface area contributed by atoms with E-state index in [2.05, 4.69) is 15.0 Å². The fourth-order valence-corrected chi connectivity index (χ4v) is 2.54. The monoisotopic (exact) mass is 405 g/mol. The van der Waals surface area contributed by atoms with Gasteiger partial charge in [0.2, 0.25) is 0 Å². The first-order valence-corrected chi connectivity index (χ1v) is 8.63. The van der Waals surface area contributed by atoms with Crippen LogP contribution in [0.15, 0.2) is 60.9 Å². The molecule has 0 fully saturated rings. The van der Waals surface area contributed by atoms with Gasteiger partial charge in [-0.25, -0.2) is 4.98 Å². The second-order valence-electron chi connectivity index (χ2n) is 6.11. The average Bonchev–Trinajstić information content (AvgIpc) is 3.09. The Morgan fingerprint density at radius 2 is 1.86 bits per heavy atom. The van der Waals surface area contributed by atoms with Crippen molar-refractivity contribution in [3.05, 3.63) is 77.9 Å². The third-order valence-electron chi connectivity index (χ3n) is 4.04. The topological polar surface area (TPSA) is 65.4 Å². The van der Waals surface area contributed by atoms with E-state index in [1.54, 1.807) is 36.5 Å². The smallest absolute Gasteiger partial charge is 0.486 e. The Labute approximate surface area is 164 Å². The van der Waals surface area contributed by atoms with E-state index in [0.29, 0.717) is 11.3 Å². The average molecular weight is 405 g/mol. The van der Waals surface area contributed by atoms with Crippen molar-refractivity contribution in [2.45, 2.75) is 19.5 Å². The molecule has 0 unspecified atom stereocenters. The molecule has 0 bridgehead atoms. The van der Waals surface area contributed by atoms with Gasteiger partial charge in [-0.3, -0.25) is 4.79 Å². The van der Waals surface area contributed by atoms with Crippen molar-refractivity contribution >= 4 is 5.91 Å². The van der Waals surface area contributed by atoms with Crippen LogP contribution in [0.25, 0.3) is 0 Å². The Bertz CT molecular complexity index is 969. The van der Waals surface area contributed by atoms with Crippen molar-refractivity contribution in [3.8, 4) is 11.5 Å². The highest BCUT2D eigenvalue weighted by molar-refractivity contribution is 5.94. The molecule has 3 aromatic rings. The molecule has 0 spiro atoms. The van der Waals surface area contributed by atoms with Crippen LogP contribution in [0.4, 0.5) is 13.2 Å². The largest absolute Gasteiger partial charge is 0.573 e. The van der Waals surface area contributed by atoms with Crippen molar-refractivity contribution in [1.29, 1.82) is 0 Å². The van der Waals surface area contributed by atoms with Crippen LogP contribution in [-0.2, 0) is 20.2 Å². The summed E-state index contributed by atoms with van der Waals surface area (Å²) in [5.41, 5.74) is 0.566. The highest BCUT2D eigenvalue weighted by Gasteiger charge is 2.32.